The number of hydrogen-bond donors (Lipinski definition) is 2. The first-order valence-electron chi connectivity index (χ1n) is 16.8. The molecule has 0 amide bonds. The Morgan fingerprint density at radius 3 is 1.32 bits per heavy atom. The van der Waals surface area contributed by atoms with Crippen molar-refractivity contribution < 1.29 is 27.9 Å². The Labute approximate surface area is 305 Å². The van der Waals surface area contributed by atoms with Crippen LogP contribution in [0.4, 0.5) is 0 Å². The highest BCUT2D eigenvalue weighted by Gasteiger charge is 2.63. The van der Waals surface area contributed by atoms with Gasteiger partial charge in [0, 0.05) is 38.7 Å². The van der Waals surface area contributed by atoms with Gasteiger partial charge in [-0.15, -0.1) is 0 Å². The Hall–Kier alpha value is -3.07. The largest absolute Gasteiger partial charge is 0.495 e. The lowest BCUT2D eigenvalue weighted by Gasteiger charge is -2.32. The molecule has 2 aromatic carbocycles. The summed E-state index contributed by atoms with van der Waals surface area (Å²) in [4.78, 5) is 6.14. The molecule has 0 unspecified atom stereocenters. The van der Waals surface area contributed by atoms with E-state index >= 15 is 0 Å². The van der Waals surface area contributed by atoms with Crippen LogP contribution in [0, 0.1) is 22.7 Å². The molecule has 0 radical (unpaired) electrons. The molecule has 2 aromatic heterocycles. The molecule has 0 spiro atoms. The van der Waals surface area contributed by atoms with Crippen molar-refractivity contribution >= 4 is 64.3 Å². The number of nitriles is 2. The number of benzene rings is 2. The smallest absolute Gasteiger partial charge is 0.405 e. The predicted octanol–water partition coefficient (Wildman–Crippen LogP) is 7.39. The predicted molar refractivity (Wildman–Crippen MR) is 202 cm³/mol. The molecule has 2 N–H and O–H groups in total. The third kappa shape index (κ3) is 6.92. The second-order valence-electron chi connectivity index (χ2n) is 15.9. The van der Waals surface area contributed by atoms with Gasteiger partial charge in [-0.3, -0.25) is 0 Å². The molecule has 3 saturated heterocycles. The summed E-state index contributed by atoms with van der Waals surface area (Å²) in [5.74, 6) is 0. The fourth-order valence-electron chi connectivity index (χ4n) is 5.70. The van der Waals surface area contributed by atoms with Crippen LogP contribution in [-0.2, 0) is 27.9 Å². The quantitative estimate of drug-likeness (QED) is 0.203. The monoisotopic (exact) mass is 742 g/mol. The molecule has 3 aliphatic heterocycles. The standard InChI is InChI=1S/C15H17BN2O2.C12H24B2O4.C9H5BrN2/c1-14(2)15(3,4)20-16(19-14)11-6-5-7-12-13(11)10(8-17)9-18-12;1-9(2)10(3,4)16-13(15-9)14-17-11(5,6)12(7,8)18-14;10-7-2-1-3-8-9(7)6(4-11)5-12-8/h5-7,9,18H,1-4H3;1-8H3;1-3,5,12H. The van der Waals surface area contributed by atoms with Crippen LogP contribution in [-0.4, -0.2) is 64.7 Å². The first kappa shape index (κ1) is 38.2. The van der Waals surface area contributed by atoms with Crippen LogP contribution in [0.1, 0.15) is 94.2 Å². The molecule has 10 nitrogen and oxygen atoms in total. The Bertz CT molecular complexity index is 1890. The Morgan fingerprint density at radius 1 is 0.540 bits per heavy atom. The van der Waals surface area contributed by atoms with Crippen molar-refractivity contribution in [3.05, 3.63) is 64.4 Å². The van der Waals surface area contributed by atoms with E-state index in [-0.39, 0.29) is 33.6 Å². The van der Waals surface area contributed by atoms with Crippen molar-refractivity contribution in [2.24, 2.45) is 0 Å². The average Bonchev–Trinajstić information content (AvgIpc) is 3.77. The lowest BCUT2D eigenvalue weighted by Crippen LogP contribution is -2.41. The van der Waals surface area contributed by atoms with Gasteiger partial charge in [-0.2, -0.15) is 10.5 Å². The summed E-state index contributed by atoms with van der Waals surface area (Å²) >= 11 is 3.40. The third-order valence-corrected chi connectivity index (χ3v) is 11.6. The Morgan fingerprint density at radius 2 is 0.900 bits per heavy atom. The molecule has 7 rings (SSSR count). The van der Waals surface area contributed by atoms with Gasteiger partial charge in [0.2, 0.25) is 0 Å². The van der Waals surface area contributed by atoms with E-state index in [9.17, 15) is 5.26 Å². The van der Waals surface area contributed by atoms with E-state index in [1.165, 1.54) is 0 Å². The minimum atomic E-state index is -0.476. The van der Waals surface area contributed by atoms with Crippen molar-refractivity contribution in [2.45, 2.75) is 117 Å². The molecule has 0 aliphatic carbocycles. The van der Waals surface area contributed by atoms with Gasteiger partial charge in [-0.25, -0.2) is 0 Å². The number of fused-ring (bicyclic) bond motifs is 2. The first-order chi connectivity index (χ1) is 23.1. The fourth-order valence-corrected chi connectivity index (χ4v) is 6.28. The normalized spacial score (nSPS) is 22.0. The lowest BCUT2D eigenvalue weighted by molar-refractivity contribution is 0.00578. The van der Waals surface area contributed by atoms with E-state index in [0.717, 1.165) is 31.7 Å². The van der Waals surface area contributed by atoms with Gasteiger partial charge in [0.05, 0.1) is 44.7 Å². The first-order valence-corrected chi connectivity index (χ1v) is 17.6. The Balaban J connectivity index is 0.000000150. The van der Waals surface area contributed by atoms with E-state index in [2.05, 4.69) is 38.0 Å². The Kier molecular flexibility index (Phi) is 10.1. The molecular formula is C36H46B3BrN4O6. The van der Waals surface area contributed by atoms with Gasteiger partial charge in [0.25, 0.3) is 0 Å². The summed E-state index contributed by atoms with van der Waals surface area (Å²) in [6.45, 7) is 24.3. The van der Waals surface area contributed by atoms with Crippen LogP contribution in [0.3, 0.4) is 0 Å². The molecule has 5 heterocycles. The number of aromatic amines is 2. The molecule has 0 bridgehead atoms. The van der Waals surface area contributed by atoms with Crippen LogP contribution in [0.25, 0.3) is 21.8 Å². The summed E-state index contributed by atoms with van der Waals surface area (Å²) in [5.41, 5.74) is 1.90. The second-order valence-corrected chi connectivity index (χ2v) is 16.8. The summed E-state index contributed by atoms with van der Waals surface area (Å²) in [6.07, 6.45) is 3.44. The van der Waals surface area contributed by atoms with E-state index in [1.807, 2.05) is 119 Å². The van der Waals surface area contributed by atoms with Gasteiger partial charge in [0.1, 0.15) is 12.1 Å². The van der Waals surface area contributed by atoms with Crippen LogP contribution in [0.2, 0.25) is 0 Å². The zero-order valence-electron chi connectivity index (χ0n) is 31.1. The van der Waals surface area contributed by atoms with Crippen molar-refractivity contribution in [3.8, 4) is 12.1 Å². The molecular weight excluding hydrogens is 697 g/mol. The van der Waals surface area contributed by atoms with E-state index in [0.29, 0.717) is 11.1 Å². The van der Waals surface area contributed by atoms with Crippen LogP contribution < -0.4 is 5.46 Å². The van der Waals surface area contributed by atoms with Crippen molar-refractivity contribution in [1.29, 1.82) is 10.5 Å². The van der Waals surface area contributed by atoms with Crippen LogP contribution >= 0.6 is 15.9 Å². The fraction of sp³-hybridized carbons (Fsp3) is 0.500. The van der Waals surface area contributed by atoms with Crippen LogP contribution in [0.5, 0.6) is 0 Å². The van der Waals surface area contributed by atoms with Crippen molar-refractivity contribution in [3.63, 3.8) is 0 Å². The van der Waals surface area contributed by atoms with Crippen molar-refractivity contribution in [2.75, 3.05) is 0 Å². The van der Waals surface area contributed by atoms with Crippen molar-refractivity contribution in [1.82, 2.24) is 9.97 Å². The molecule has 3 fully saturated rings. The number of H-pyrrole nitrogens is 2. The number of halogens is 1. The zero-order chi connectivity index (χ0) is 37.1. The number of nitrogens with one attached hydrogen (secondary N) is 2. The number of aromatic nitrogens is 2. The topological polar surface area (TPSA) is 135 Å². The second kappa shape index (κ2) is 13.2. The van der Waals surface area contributed by atoms with Gasteiger partial charge in [-0.1, -0.05) is 34.1 Å². The molecule has 4 aromatic rings. The zero-order valence-corrected chi connectivity index (χ0v) is 32.7. The highest BCUT2D eigenvalue weighted by molar-refractivity contribution is 9.10. The minimum absolute atomic E-state index is 0.360. The summed E-state index contributed by atoms with van der Waals surface area (Å²) in [5, 5.41) is 19.8. The van der Waals surface area contributed by atoms with Crippen LogP contribution in [0.15, 0.2) is 53.3 Å². The SMILES string of the molecule is CC1(C)OB(B2OC(C)(C)C(C)(C)O2)OC1(C)C.CC1(C)OB(c2cccc3[nH]cc(C#N)c23)OC1(C)C.N#Cc1c[nH]c2cccc(Br)c12. The number of hydrogen-bond acceptors (Lipinski definition) is 8. The third-order valence-electron chi connectivity index (χ3n) is 10.9. The highest BCUT2D eigenvalue weighted by Crippen LogP contribution is 2.43. The average molecular weight is 743 g/mol. The molecule has 0 atom stereocenters. The lowest BCUT2D eigenvalue weighted by atomic mass is 9.49. The molecule has 50 heavy (non-hydrogen) atoms. The summed E-state index contributed by atoms with van der Waals surface area (Å²) in [7, 11) is -1.40. The summed E-state index contributed by atoms with van der Waals surface area (Å²) < 4.78 is 37.0. The number of rotatable bonds is 2. The van der Waals surface area contributed by atoms with E-state index in [1.54, 1.807) is 12.4 Å². The van der Waals surface area contributed by atoms with E-state index < -0.39 is 21.1 Å². The maximum absolute atomic E-state index is 9.25. The molecule has 14 heteroatoms. The van der Waals surface area contributed by atoms with E-state index in [4.69, 9.17) is 33.2 Å². The molecule has 0 saturated carbocycles. The molecule has 262 valence electrons. The van der Waals surface area contributed by atoms with Gasteiger partial charge in [0.15, 0.2) is 0 Å². The van der Waals surface area contributed by atoms with Gasteiger partial charge < -0.3 is 37.9 Å². The number of nitrogens with zero attached hydrogens (tertiary/aromatic N) is 2. The minimum Gasteiger partial charge on any atom is -0.405 e. The highest BCUT2D eigenvalue weighted by atomic mass is 79.9. The van der Waals surface area contributed by atoms with Gasteiger partial charge >= 0.3 is 21.1 Å². The maximum atomic E-state index is 9.25. The maximum Gasteiger partial charge on any atom is 0.495 e. The summed E-state index contributed by atoms with van der Waals surface area (Å²) in [6, 6.07) is 16.0. The van der Waals surface area contributed by atoms with Gasteiger partial charge in [-0.05, 0) is 107 Å². The molecule has 3 aliphatic rings.